The second-order valence-electron chi connectivity index (χ2n) is 19.6. The minimum absolute atomic E-state index is 0.00390. The maximum atomic E-state index is 12.9. The van der Waals surface area contributed by atoms with Gasteiger partial charge in [-0.2, -0.15) is 0 Å². The van der Waals surface area contributed by atoms with Crippen LogP contribution in [0.25, 0.3) is 0 Å². The SMILES string of the molecule is CCCCCCCCCCCCC/C=C/CC/C=C/C(O)C(COP(=O)([O-])OCC[N+](C)(C)C)NC(=O)CCCCCCCCCCCCCCCCCCCCCCCCC. The van der Waals surface area contributed by atoms with Crippen molar-refractivity contribution in [3.05, 3.63) is 24.3 Å². The van der Waals surface area contributed by atoms with Crippen molar-refractivity contribution in [1.82, 2.24) is 5.32 Å². The first-order valence-corrected chi connectivity index (χ1v) is 28.2. The van der Waals surface area contributed by atoms with Gasteiger partial charge in [0, 0.05) is 6.42 Å². The zero-order valence-corrected chi connectivity index (χ0v) is 42.7. The molecule has 8 nitrogen and oxygen atoms in total. The van der Waals surface area contributed by atoms with Gasteiger partial charge in [0.05, 0.1) is 39.9 Å². The van der Waals surface area contributed by atoms with E-state index in [1.165, 1.54) is 199 Å². The van der Waals surface area contributed by atoms with Gasteiger partial charge in [0.25, 0.3) is 7.82 Å². The number of phosphoric acid groups is 1. The third kappa shape index (κ3) is 47.0. The van der Waals surface area contributed by atoms with E-state index in [0.717, 1.165) is 38.5 Å². The monoisotopic (exact) mass is 897 g/mol. The van der Waals surface area contributed by atoms with Crippen molar-refractivity contribution in [2.24, 2.45) is 0 Å². The lowest BCUT2D eigenvalue weighted by molar-refractivity contribution is -0.870. The Hall–Kier alpha value is -1.02. The summed E-state index contributed by atoms with van der Waals surface area (Å²) in [4.78, 5) is 25.4. The first-order chi connectivity index (χ1) is 30.0. The Kier molecular flexibility index (Phi) is 44.4. The molecule has 0 bridgehead atoms. The van der Waals surface area contributed by atoms with Crippen LogP contribution in [0.4, 0.5) is 0 Å². The van der Waals surface area contributed by atoms with Crippen LogP contribution in [0.15, 0.2) is 24.3 Å². The van der Waals surface area contributed by atoms with Crippen LogP contribution in [0.2, 0.25) is 0 Å². The molecular weight excluding hydrogens is 792 g/mol. The third-order valence-corrected chi connectivity index (χ3v) is 13.1. The first-order valence-electron chi connectivity index (χ1n) is 26.7. The number of unbranched alkanes of at least 4 members (excludes halogenated alkanes) is 34. The summed E-state index contributed by atoms with van der Waals surface area (Å²) in [7, 11) is 1.25. The van der Waals surface area contributed by atoms with Crippen LogP contribution in [0, 0.1) is 0 Å². The molecule has 0 aliphatic heterocycles. The van der Waals surface area contributed by atoms with Crippen LogP contribution in [0.3, 0.4) is 0 Å². The van der Waals surface area contributed by atoms with Crippen LogP contribution >= 0.6 is 7.82 Å². The Morgan fingerprint density at radius 3 is 1.31 bits per heavy atom. The average Bonchev–Trinajstić information content (AvgIpc) is 3.23. The molecule has 2 N–H and O–H groups in total. The van der Waals surface area contributed by atoms with Crippen LogP contribution in [0.5, 0.6) is 0 Å². The fraction of sp³-hybridized carbons (Fsp3) is 0.906. The fourth-order valence-corrected chi connectivity index (χ4v) is 8.66. The number of hydrogen-bond donors (Lipinski definition) is 2. The standard InChI is InChI=1S/C53H105N2O6P/c1-6-8-10-12-14-16-18-20-22-24-25-26-27-28-29-31-33-35-37-39-41-43-45-47-53(57)54-51(50-61-62(58,59)60-49-48-55(3,4)5)52(56)46-44-42-40-38-36-34-32-30-23-21-19-17-15-13-11-9-7-2/h36,38,44,46,51-52,56H,6-35,37,39-43,45,47-50H2,1-5H3,(H-,54,57,58,59)/b38-36+,46-44+. The van der Waals surface area contributed by atoms with Gasteiger partial charge in [-0.3, -0.25) is 9.36 Å². The van der Waals surface area contributed by atoms with Crippen molar-refractivity contribution in [2.45, 2.75) is 270 Å². The summed E-state index contributed by atoms with van der Waals surface area (Å²) in [5, 5.41) is 13.8. The first kappa shape index (κ1) is 61.0. The summed E-state index contributed by atoms with van der Waals surface area (Å²) in [5.41, 5.74) is 0. The number of carbonyl (C=O) groups excluding carboxylic acids is 1. The van der Waals surface area contributed by atoms with Gasteiger partial charge < -0.3 is 28.8 Å². The maximum absolute atomic E-state index is 12.9. The fourth-order valence-electron chi connectivity index (χ4n) is 7.94. The number of nitrogens with one attached hydrogen (secondary N) is 1. The summed E-state index contributed by atoms with van der Waals surface area (Å²) >= 11 is 0. The number of aliphatic hydroxyl groups is 1. The van der Waals surface area contributed by atoms with E-state index in [0.29, 0.717) is 17.4 Å². The maximum Gasteiger partial charge on any atom is 0.268 e. The van der Waals surface area contributed by atoms with Gasteiger partial charge in [0.1, 0.15) is 13.2 Å². The summed E-state index contributed by atoms with van der Waals surface area (Å²) < 4.78 is 23.3. The van der Waals surface area contributed by atoms with Crippen molar-refractivity contribution in [3.63, 3.8) is 0 Å². The van der Waals surface area contributed by atoms with E-state index in [4.69, 9.17) is 9.05 Å². The van der Waals surface area contributed by atoms with Crippen LogP contribution < -0.4 is 10.2 Å². The summed E-state index contributed by atoms with van der Waals surface area (Å²) in [6, 6.07) is -0.899. The van der Waals surface area contributed by atoms with Crippen LogP contribution in [0.1, 0.15) is 258 Å². The highest BCUT2D eigenvalue weighted by Crippen LogP contribution is 2.38. The highest BCUT2D eigenvalue weighted by molar-refractivity contribution is 7.45. The molecule has 1 amide bonds. The topological polar surface area (TPSA) is 108 Å². The summed E-state index contributed by atoms with van der Waals surface area (Å²) in [5.74, 6) is -0.202. The van der Waals surface area contributed by atoms with Gasteiger partial charge in [-0.25, -0.2) is 0 Å². The normalized spacial score (nSPS) is 14.2. The minimum atomic E-state index is -4.60. The minimum Gasteiger partial charge on any atom is -0.756 e. The van der Waals surface area contributed by atoms with Crippen LogP contribution in [-0.2, 0) is 18.4 Å². The predicted molar refractivity (Wildman–Crippen MR) is 265 cm³/mol. The highest BCUT2D eigenvalue weighted by Gasteiger charge is 2.23. The smallest absolute Gasteiger partial charge is 0.268 e. The number of phosphoric ester groups is 1. The Morgan fingerprint density at radius 2 is 0.903 bits per heavy atom. The molecule has 0 radical (unpaired) electrons. The van der Waals surface area contributed by atoms with Crippen molar-refractivity contribution >= 4 is 13.7 Å². The molecule has 0 aromatic carbocycles. The van der Waals surface area contributed by atoms with E-state index in [1.54, 1.807) is 6.08 Å². The van der Waals surface area contributed by atoms with Gasteiger partial charge in [0.2, 0.25) is 5.91 Å². The molecule has 3 unspecified atom stereocenters. The van der Waals surface area contributed by atoms with Crippen LogP contribution in [-0.4, -0.2) is 68.5 Å². The molecule has 0 fully saturated rings. The molecule has 0 saturated carbocycles. The van der Waals surface area contributed by atoms with E-state index in [-0.39, 0.29) is 19.1 Å². The molecule has 9 heteroatoms. The summed E-state index contributed by atoms with van der Waals surface area (Å²) in [6.07, 6.45) is 55.3. The molecule has 0 rings (SSSR count). The lowest BCUT2D eigenvalue weighted by Crippen LogP contribution is -2.45. The van der Waals surface area contributed by atoms with Gasteiger partial charge in [-0.1, -0.05) is 244 Å². The molecule has 3 atom stereocenters. The van der Waals surface area contributed by atoms with Crippen molar-refractivity contribution in [2.75, 3.05) is 40.9 Å². The van der Waals surface area contributed by atoms with E-state index in [9.17, 15) is 19.4 Å². The van der Waals surface area contributed by atoms with Crippen molar-refractivity contribution in [3.8, 4) is 0 Å². The number of amides is 1. The summed E-state index contributed by atoms with van der Waals surface area (Å²) in [6.45, 7) is 4.66. The Bertz CT molecular complexity index is 1060. The molecule has 62 heavy (non-hydrogen) atoms. The molecule has 0 aliphatic carbocycles. The number of quaternary nitrogens is 1. The number of nitrogens with zero attached hydrogens (tertiary/aromatic N) is 1. The Balaban J connectivity index is 4.25. The second kappa shape index (κ2) is 45.1. The van der Waals surface area contributed by atoms with Gasteiger partial charge >= 0.3 is 0 Å². The van der Waals surface area contributed by atoms with E-state index in [2.05, 4.69) is 31.3 Å². The predicted octanol–water partition coefficient (Wildman–Crippen LogP) is 15.0. The number of carbonyl (C=O) groups is 1. The second-order valence-corrected chi connectivity index (χ2v) is 21.0. The van der Waals surface area contributed by atoms with Crippen molar-refractivity contribution in [1.29, 1.82) is 0 Å². The zero-order valence-electron chi connectivity index (χ0n) is 41.8. The molecule has 0 aliphatic rings. The number of allylic oxidation sites excluding steroid dienone is 3. The van der Waals surface area contributed by atoms with Gasteiger partial charge in [0.15, 0.2) is 0 Å². The Morgan fingerprint density at radius 1 is 0.548 bits per heavy atom. The number of rotatable bonds is 49. The van der Waals surface area contributed by atoms with Crippen molar-refractivity contribution < 1.29 is 32.9 Å². The number of likely N-dealkylation sites (N-methyl/N-ethyl adjacent to an activating group) is 1. The molecule has 0 heterocycles. The van der Waals surface area contributed by atoms with E-state index < -0.39 is 20.0 Å². The molecule has 0 aromatic heterocycles. The van der Waals surface area contributed by atoms with Gasteiger partial charge in [-0.15, -0.1) is 0 Å². The molecule has 368 valence electrons. The lowest BCUT2D eigenvalue weighted by Gasteiger charge is -2.29. The Labute approximate surface area is 385 Å². The third-order valence-electron chi connectivity index (χ3n) is 12.2. The highest BCUT2D eigenvalue weighted by atomic mass is 31.2. The molecular formula is C53H105N2O6P. The van der Waals surface area contributed by atoms with E-state index in [1.807, 2.05) is 27.2 Å². The van der Waals surface area contributed by atoms with E-state index >= 15 is 0 Å². The van der Waals surface area contributed by atoms with Gasteiger partial charge in [-0.05, 0) is 32.1 Å². The average molecular weight is 897 g/mol. The molecule has 0 saturated heterocycles. The number of aliphatic hydroxyl groups excluding tert-OH is 1. The molecule has 0 spiro atoms. The number of hydrogen-bond acceptors (Lipinski definition) is 6. The molecule has 0 aromatic rings. The quantitative estimate of drug-likeness (QED) is 0.0273. The largest absolute Gasteiger partial charge is 0.756 e. The lowest BCUT2D eigenvalue weighted by atomic mass is 10.0. The zero-order chi connectivity index (χ0) is 45.7.